The lowest BCUT2D eigenvalue weighted by atomic mass is 10.2. The van der Waals surface area contributed by atoms with E-state index in [-0.39, 0.29) is 17.8 Å². The van der Waals surface area contributed by atoms with Gasteiger partial charge in [0, 0.05) is 19.2 Å². The smallest absolute Gasteiger partial charge is 0.340 e. The van der Waals surface area contributed by atoms with Crippen LogP contribution in [0.5, 0.6) is 0 Å². The first-order valence-corrected chi connectivity index (χ1v) is 8.82. The molecule has 1 heterocycles. The van der Waals surface area contributed by atoms with E-state index in [9.17, 15) is 23.2 Å². The van der Waals surface area contributed by atoms with E-state index in [2.05, 4.69) is 5.10 Å². The van der Waals surface area contributed by atoms with Gasteiger partial charge in [-0.05, 0) is 37.3 Å². The molecule has 0 atom stereocenters. The molecule has 1 aromatic heterocycles. The molecule has 150 valence electrons. The number of hydrogen-bond donors (Lipinski definition) is 0. The van der Waals surface area contributed by atoms with Crippen LogP contribution in [0.3, 0.4) is 0 Å². The normalized spacial score (nSPS) is 10.8. The van der Waals surface area contributed by atoms with Crippen LogP contribution >= 0.6 is 0 Å². The third-order valence-electron chi connectivity index (χ3n) is 4.44. The number of aromatic nitrogens is 3. The number of halogens is 2. The zero-order valence-electron chi connectivity index (χ0n) is 15.8. The molecule has 9 heteroatoms. The van der Waals surface area contributed by atoms with Gasteiger partial charge < -0.3 is 4.90 Å². The van der Waals surface area contributed by atoms with Crippen LogP contribution in [0.1, 0.15) is 23.0 Å². The van der Waals surface area contributed by atoms with Crippen LogP contribution in [0.2, 0.25) is 0 Å². The zero-order chi connectivity index (χ0) is 21.1. The van der Waals surface area contributed by atoms with Crippen molar-refractivity contribution in [2.45, 2.75) is 13.5 Å². The second-order valence-corrected chi connectivity index (χ2v) is 6.32. The van der Waals surface area contributed by atoms with Gasteiger partial charge in [-0.1, -0.05) is 18.2 Å². The Balaban J connectivity index is 2.25. The quantitative estimate of drug-likeness (QED) is 0.655. The molecular weight excluding hydrogens is 382 g/mol. The Morgan fingerprint density at radius 2 is 1.72 bits per heavy atom. The highest BCUT2D eigenvalue weighted by atomic mass is 19.1. The van der Waals surface area contributed by atoms with E-state index in [1.807, 2.05) is 0 Å². The average molecular weight is 400 g/mol. The molecule has 1 amide bonds. The van der Waals surface area contributed by atoms with Crippen LogP contribution in [0, 0.1) is 11.6 Å². The van der Waals surface area contributed by atoms with Gasteiger partial charge in [0.25, 0.3) is 11.5 Å². The van der Waals surface area contributed by atoms with E-state index in [4.69, 9.17) is 0 Å². The molecule has 7 nitrogen and oxygen atoms in total. The first-order valence-electron chi connectivity index (χ1n) is 8.82. The van der Waals surface area contributed by atoms with Crippen LogP contribution in [-0.2, 0) is 6.54 Å². The molecule has 0 radical (unpaired) electrons. The lowest BCUT2D eigenvalue weighted by molar-refractivity contribution is 0.0791. The predicted molar refractivity (Wildman–Crippen MR) is 102 cm³/mol. The van der Waals surface area contributed by atoms with Gasteiger partial charge in [-0.25, -0.2) is 13.6 Å². The van der Waals surface area contributed by atoms with Gasteiger partial charge in [0.05, 0.1) is 12.2 Å². The SMILES string of the molecule is CCN(C)C(=O)c1nn(-c2ccc(F)cc2)c(=O)n(Cc2ccccc2F)c1=O. The van der Waals surface area contributed by atoms with Crippen molar-refractivity contribution < 1.29 is 13.6 Å². The van der Waals surface area contributed by atoms with Crippen molar-refractivity contribution in [1.29, 1.82) is 0 Å². The summed E-state index contributed by atoms with van der Waals surface area (Å²) in [7, 11) is 1.48. The number of benzene rings is 2. The van der Waals surface area contributed by atoms with Crippen molar-refractivity contribution >= 4 is 5.91 Å². The second kappa shape index (κ2) is 8.17. The van der Waals surface area contributed by atoms with E-state index in [1.54, 1.807) is 13.0 Å². The van der Waals surface area contributed by atoms with Gasteiger partial charge in [-0.15, -0.1) is 0 Å². The minimum absolute atomic E-state index is 0.103. The molecular formula is C20H18F2N4O3. The summed E-state index contributed by atoms with van der Waals surface area (Å²) in [4.78, 5) is 39.7. The lowest BCUT2D eigenvalue weighted by Gasteiger charge is -2.16. The molecule has 0 unspecified atom stereocenters. The molecule has 0 bridgehead atoms. The minimum atomic E-state index is -0.929. The average Bonchev–Trinajstić information content (AvgIpc) is 2.72. The van der Waals surface area contributed by atoms with Crippen LogP contribution in [-0.4, -0.2) is 38.7 Å². The zero-order valence-corrected chi connectivity index (χ0v) is 15.8. The minimum Gasteiger partial charge on any atom is -0.340 e. The molecule has 0 aliphatic heterocycles. The third-order valence-corrected chi connectivity index (χ3v) is 4.44. The molecule has 3 aromatic rings. The summed E-state index contributed by atoms with van der Waals surface area (Å²) in [6, 6.07) is 10.5. The third kappa shape index (κ3) is 3.98. The van der Waals surface area contributed by atoms with Crippen molar-refractivity contribution in [2.24, 2.45) is 0 Å². The Bertz CT molecular complexity index is 1170. The molecule has 0 N–H and O–H groups in total. The lowest BCUT2D eigenvalue weighted by Crippen LogP contribution is -2.46. The van der Waals surface area contributed by atoms with Crippen LogP contribution < -0.4 is 11.2 Å². The fourth-order valence-corrected chi connectivity index (χ4v) is 2.66. The number of amides is 1. The highest BCUT2D eigenvalue weighted by Gasteiger charge is 2.23. The van der Waals surface area contributed by atoms with Gasteiger partial charge in [0.1, 0.15) is 11.6 Å². The molecule has 0 saturated heterocycles. The van der Waals surface area contributed by atoms with E-state index in [1.165, 1.54) is 42.3 Å². The van der Waals surface area contributed by atoms with E-state index >= 15 is 0 Å². The molecule has 0 aliphatic carbocycles. The van der Waals surface area contributed by atoms with Gasteiger partial charge in [-0.3, -0.25) is 14.2 Å². The molecule has 0 aliphatic rings. The topological polar surface area (TPSA) is 77.2 Å². The summed E-state index contributed by atoms with van der Waals surface area (Å²) >= 11 is 0. The monoisotopic (exact) mass is 400 g/mol. The second-order valence-electron chi connectivity index (χ2n) is 6.32. The fraction of sp³-hybridized carbons (Fsp3) is 0.200. The standard InChI is InChI=1S/C20H18F2N4O3/c1-3-24(2)18(27)17-19(28)25(12-13-6-4-5-7-16(13)22)20(29)26(23-17)15-10-8-14(21)9-11-15/h4-11H,3,12H2,1-2H3. The molecule has 0 saturated carbocycles. The van der Waals surface area contributed by atoms with Crippen LogP contribution in [0.25, 0.3) is 5.69 Å². The maximum atomic E-state index is 14.1. The number of rotatable bonds is 5. The highest BCUT2D eigenvalue weighted by molar-refractivity contribution is 5.91. The Morgan fingerprint density at radius 3 is 2.34 bits per heavy atom. The molecule has 0 fully saturated rings. The molecule has 0 spiro atoms. The first kappa shape index (κ1) is 20.1. The first-order chi connectivity index (χ1) is 13.8. The number of hydrogen-bond acceptors (Lipinski definition) is 4. The van der Waals surface area contributed by atoms with Crippen molar-refractivity contribution in [1.82, 2.24) is 19.2 Å². The summed E-state index contributed by atoms with van der Waals surface area (Å²) in [6.45, 7) is 1.64. The van der Waals surface area contributed by atoms with Crippen molar-refractivity contribution in [3.8, 4) is 5.69 Å². The Labute approximate surface area is 164 Å². The van der Waals surface area contributed by atoms with Crippen LogP contribution in [0.15, 0.2) is 58.1 Å². The number of carbonyl (C=O) groups excluding carboxylic acids is 1. The van der Waals surface area contributed by atoms with E-state index < -0.39 is 34.5 Å². The maximum Gasteiger partial charge on any atom is 0.352 e. The molecule has 3 rings (SSSR count). The summed E-state index contributed by atoms with van der Waals surface area (Å²) in [5.41, 5.74) is -2.03. The summed E-state index contributed by atoms with van der Waals surface area (Å²) in [5.74, 6) is -1.80. The summed E-state index contributed by atoms with van der Waals surface area (Å²) in [5, 5.41) is 3.93. The maximum absolute atomic E-state index is 14.1. The highest BCUT2D eigenvalue weighted by Crippen LogP contribution is 2.09. The van der Waals surface area contributed by atoms with Gasteiger partial charge in [0.2, 0.25) is 5.69 Å². The summed E-state index contributed by atoms with van der Waals surface area (Å²) < 4.78 is 28.9. The Morgan fingerprint density at radius 1 is 1.07 bits per heavy atom. The Hall–Kier alpha value is -3.62. The fourth-order valence-electron chi connectivity index (χ4n) is 2.66. The van der Waals surface area contributed by atoms with Gasteiger partial charge in [-0.2, -0.15) is 9.78 Å². The number of carbonyl (C=O) groups is 1. The van der Waals surface area contributed by atoms with E-state index in [0.29, 0.717) is 6.54 Å². The predicted octanol–water partition coefficient (Wildman–Crippen LogP) is 1.81. The van der Waals surface area contributed by atoms with Gasteiger partial charge >= 0.3 is 5.69 Å². The van der Waals surface area contributed by atoms with Crippen molar-refractivity contribution in [2.75, 3.05) is 13.6 Å². The van der Waals surface area contributed by atoms with Gasteiger partial charge in [0.15, 0.2) is 0 Å². The van der Waals surface area contributed by atoms with Crippen molar-refractivity contribution in [3.63, 3.8) is 0 Å². The Kier molecular flexibility index (Phi) is 5.67. The van der Waals surface area contributed by atoms with E-state index in [0.717, 1.165) is 21.4 Å². The molecule has 2 aromatic carbocycles. The largest absolute Gasteiger partial charge is 0.352 e. The molecule has 29 heavy (non-hydrogen) atoms. The van der Waals surface area contributed by atoms with Crippen LogP contribution in [0.4, 0.5) is 8.78 Å². The summed E-state index contributed by atoms with van der Waals surface area (Å²) in [6.07, 6.45) is 0. The van der Waals surface area contributed by atoms with Crippen molar-refractivity contribution in [3.05, 3.63) is 92.3 Å². The number of nitrogens with zero attached hydrogens (tertiary/aromatic N) is 4.